The summed E-state index contributed by atoms with van der Waals surface area (Å²) in [5, 5.41) is 9.13. The number of benzene rings is 1. The van der Waals surface area contributed by atoms with Gasteiger partial charge in [-0.3, -0.25) is 0 Å². The van der Waals surface area contributed by atoms with Crippen LogP contribution in [0.15, 0.2) is 17.0 Å². The second kappa shape index (κ2) is 5.77. The van der Waals surface area contributed by atoms with Crippen LogP contribution in [0.5, 0.6) is 0 Å². The second-order valence-electron chi connectivity index (χ2n) is 5.68. The first-order valence-corrected chi connectivity index (χ1v) is 8.51. The normalized spacial score (nSPS) is 16.6. The summed E-state index contributed by atoms with van der Waals surface area (Å²) in [5.74, 6) is -1.11. The predicted molar refractivity (Wildman–Crippen MR) is 80.1 cm³/mol. The van der Waals surface area contributed by atoms with Gasteiger partial charge < -0.3 is 5.11 Å². The summed E-state index contributed by atoms with van der Waals surface area (Å²) < 4.78 is 27.0. The van der Waals surface area contributed by atoms with Crippen molar-refractivity contribution in [3.05, 3.63) is 28.8 Å². The first kappa shape index (κ1) is 16.0. The number of carbonyl (C=O) groups is 1. The number of sulfonamides is 1. The lowest BCUT2D eigenvalue weighted by molar-refractivity contribution is 0.0696. The van der Waals surface area contributed by atoms with E-state index >= 15 is 0 Å². The van der Waals surface area contributed by atoms with Gasteiger partial charge in [0.2, 0.25) is 10.0 Å². The largest absolute Gasteiger partial charge is 0.478 e. The molecule has 0 heterocycles. The Morgan fingerprint density at radius 2 is 1.81 bits per heavy atom. The molecule has 0 saturated heterocycles. The van der Waals surface area contributed by atoms with Crippen molar-refractivity contribution in [3.63, 3.8) is 0 Å². The lowest BCUT2D eigenvalue weighted by atomic mass is 10.1. The number of nitrogens with zero attached hydrogens (tertiary/aromatic N) is 1. The van der Waals surface area contributed by atoms with E-state index in [2.05, 4.69) is 0 Å². The zero-order chi connectivity index (χ0) is 15.8. The van der Waals surface area contributed by atoms with Crippen LogP contribution in [0.3, 0.4) is 0 Å². The molecule has 1 N–H and O–H groups in total. The van der Waals surface area contributed by atoms with E-state index in [0.29, 0.717) is 11.1 Å². The zero-order valence-corrected chi connectivity index (χ0v) is 13.4. The van der Waals surface area contributed by atoms with E-state index in [1.165, 1.54) is 16.4 Å². The number of rotatable bonds is 4. The molecule has 116 valence electrons. The third kappa shape index (κ3) is 2.96. The van der Waals surface area contributed by atoms with Gasteiger partial charge in [0.15, 0.2) is 0 Å². The molecule has 0 radical (unpaired) electrons. The molecular formula is C15H21NO4S. The van der Waals surface area contributed by atoms with Gasteiger partial charge in [0.1, 0.15) is 0 Å². The molecule has 0 aromatic heterocycles. The van der Waals surface area contributed by atoms with Gasteiger partial charge in [-0.25, -0.2) is 13.2 Å². The summed E-state index contributed by atoms with van der Waals surface area (Å²) in [5.41, 5.74) is 1.30. The van der Waals surface area contributed by atoms with E-state index in [1.54, 1.807) is 20.9 Å². The first-order chi connectivity index (χ1) is 9.75. The minimum atomic E-state index is -3.66. The zero-order valence-electron chi connectivity index (χ0n) is 12.6. The second-order valence-corrected chi connectivity index (χ2v) is 7.65. The van der Waals surface area contributed by atoms with Crippen LogP contribution < -0.4 is 0 Å². The van der Waals surface area contributed by atoms with Crippen molar-refractivity contribution in [1.82, 2.24) is 4.31 Å². The van der Waals surface area contributed by atoms with Crippen LogP contribution in [0.2, 0.25) is 0 Å². The maximum atomic E-state index is 12.8. The summed E-state index contributed by atoms with van der Waals surface area (Å²) in [4.78, 5) is 11.3. The first-order valence-electron chi connectivity index (χ1n) is 7.07. The van der Waals surface area contributed by atoms with Crippen molar-refractivity contribution < 1.29 is 18.3 Å². The highest BCUT2D eigenvalue weighted by Crippen LogP contribution is 2.30. The Morgan fingerprint density at radius 3 is 2.33 bits per heavy atom. The molecule has 21 heavy (non-hydrogen) atoms. The summed E-state index contributed by atoms with van der Waals surface area (Å²) in [7, 11) is -2.07. The molecule has 1 fully saturated rings. The average Bonchev–Trinajstić information content (AvgIpc) is 2.94. The van der Waals surface area contributed by atoms with Crippen molar-refractivity contribution in [3.8, 4) is 0 Å². The molecule has 0 atom stereocenters. The van der Waals surface area contributed by atoms with E-state index < -0.39 is 16.0 Å². The monoisotopic (exact) mass is 311 g/mol. The average molecular weight is 311 g/mol. The van der Waals surface area contributed by atoms with Crippen molar-refractivity contribution in [2.24, 2.45) is 0 Å². The molecule has 0 spiro atoms. The molecule has 0 bridgehead atoms. The standard InChI is InChI=1S/C15H21NO4S/c1-10-8-12(15(17)18)9-14(11(10)2)21(19,20)16(3)13-6-4-5-7-13/h8-9,13H,4-7H2,1-3H3,(H,17,18). The van der Waals surface area contributed by atoms with Gasteiger partial charge in [-0.2, -0.15) is 4.31 Å². The summed E-state index contributed by atoms with van der Waals surface area (Å²) in [6.45, 7) is 3.45. The predicted octanol–water partition coefficient (Wildman–Crippen LogP) is 2.56. The van der Waals surface area contributed by atoms with Crippen LogP contribution >= 0.6 is 0 Å². The van der Waals surface area contributed by atoms with Crippen molar-refractivity contribution in [2.75, 3.05) is 7.05 Å². The van der Waals surface area contributed by atoms with Gasteiger partial charge in [-0.1, -0.05) is 12.8 Å². The molecule has 2 rings (SSSR count). The molecule has 1 aromatic rings. The molecular weight excluding hydrogens is 290 g/mol. The highest BCUT2D eigenvalue weighted by atomic mass is 32.2. The van der Waals surface area contributed by atoms with Gasteiger partial charge in [0.05, 0.1) is 10.5 Å². The molecule has 1 aliphatic carbocycles. The highest BCUT2D eigenvalue weighted by Gasteiger charge is 2.31. The highest BCUT2D eigenvalue weighted by molar-refractivity contribution is 7.89. The van der Waals surface area contributed by atoms with Crippen LogP contribution in [0.1, 0.15) is 47.2 Å². The Balaban J connectivity index is 2.50. The Morgan fingerprint density at radius 1 is 1.24 bits per heavy atom. The van der Waals surface area contributed by atoms with Gasteiger partial charge >= 0.3 is 5.97 Å². The van der Waals surface area contributed by atoms with Crippen molar-refractivity contribution in [2.45, 2.75) is 50.5 Å². The lowest BCUT2D eigenvalue weighted by Gasteiger charge is -2.25. The van der Waals surface area contributed by atoms with Crippen LogP contribution in [0, 0.1) is 13.8 Å². The number of carboxylic acid groups (broad SMARTS) is 1. The van der Waals surface area contributed by atoms with E-state index in [1.807, 2.05) is 0 Å². The number of carboxylic acids is 1. The molecule has 0 unspecified atom stereocenters. The van der Waals surface area contributed by atoms with Gasteiger partial charge in [-0.05, 0) is 49.9 Å². The number of aromatic carboxylic acids is 1. The van der Waals surface area contributed by atoms with Crippen molar-refractivity contribution in [1.29, 1.82) is 0 Å². The molecule has 1 aromatic carbocycles. The van der Waals surface area contributed by atoms with Gasteiger partial charge in [0.25, 0.3) is 0 Å². The summed E-state index contributed by atoms with van der Waals surface area (Å²) in [6, 6.07) is 2.79. The fraction of sp³-hybridized carbons (Fsp3) is 0.533. The third-order valence-electron chi connectivity index (χ3n) is 4.36. The minimum Gasteiger partial charge on any atom is -0.478 e. The van der Waals surface area contributed by atoms with Gasteiger partial charge in [0, 0.05) is 13.1 Å². The Kier molecular flexibility index (Phi) is 4.39. The van der Waals surface area contributed by atoms with E-state index in [9.17, 15) is 13.2 Å². The van der Waals surface area contributed by atoms with E-state index in [-0.39, 0.29) is 16.5 Å². The molecule has 0 aliphatic heterocycles. The van der Waals surface area contributed by atoms with Crippen LogP contribution in [-0.2, 0) is 10.0 Å². The molecule has 1 aliphatic rings. The quantitative estimate of drug-likeness (QED) is 0.927. The maximum Gasteiger partial charge on any atom is 0.335 e. The summed E-state index contributed by atoms with van der Waals surface area (Å²) in [6.07, 6.45) is 3.81. The minimum absolute atomic E-state index is 0.0106. The van der Waals surface area contributed by atoms with Crippen LogP contribution in [-0.4, -0.2) is 36.9 Å². The van der Waals surface area contributed by atoms with E-state index in [0.717, 1.165) is 25.7 Å². The molecule has 5 nitrogen and oxygen atoms in total. The lowest BCUT2D eigenvalue weighted by Crippen LogP contribution is -2.35. The Hall–Kier alpha value is -1.40. The van der Waals surface area contributed by atoms with Crippen molar-refractivity contribution >= 4 is 16.0 Å². The Bertz CT molecular complexity index is 660. The smallest absolute Gasteiger partial charge is 0.335 e. The Labute approximate surface area is 125 Å². The SMILES string of the molecule is Cc1cc(C(=O)O)cc(S(=O)(=O)N(C)C2CCCC2)c1C. The van der Waals surface area contributed by atoms with Crippen LogP contribution in [0.4, 0.5) is 0 Å². The summed E-state index contributed by atoms with van der Waals surface area (Å²) >= 11 is 0. The molecule has 0 amide bonds. The fourth-order valence-electron chi connectivity index (χ4n) is 2.84. The number of aryl methyl sites for hydroxylation is 1. The molecule has 1 saturated carbocycles. The fourth-order valence-corrected chi connectivity index (χ4v) is 4.58. The third-order valence-corrected chi connectivity index (χ3v) is 6.40. The maximum absolute atomic E-state index is 12.8. The van der Waals surface area contributed by atoms with E-state index in [4.69, 9.17) is 5.11 Å². The van der Waals surface area contributed by atoms with Gasteiger partial charge in [-0.15, -0.1) is 0 Å². The number of hydrogen-bond acceptors (Lipinski definition) is 3. The topological polar surface area (TPSA) is 74.7 Å². The molecule has 6 heteroatoms. The van der Waals surface area contributed by atoms with Crippen LogP contribution in [0.25, 0.3) is 0 Å². The number of hydrogen-bond donors (Lipinski definition) is 1.